The minimum absolute atomic E-state index is 0.605. The van der Waals surface area contributed by atoms with Crippen molar-refractivity contribution in [1.82, 2.24) is 0 Å². The van der Waals surface area contributed by atoms with Gasteiger partial charge in [-0.15, -0.1) is 0 Å². The molecule has 0 aliphatic carbocycles. The van der Waals surface area contributed by atoms with Crippen LogP contribution in [0.2, 0.25) is 0 Å². The van der Waals surface area contributed by atoms with E-state index in [-0.39, 0.29) is 0 Å². The van der Waals surface area contributed by atoms with E-state index in [4.69, 9.17) is 0 Å². The first-order valence-electron chi connectivity index (χ1n) is 5.20. The summed E-state index contributed by atoms with van der Waals surface area (Å²) in [5.41, 5.74) is 2.59. The molecule has 0 atom stereocenters. The monoisotopic (exact) mass is 303 g/mol. The van der Waals surface area contributed by atoms with Gasteiger partial charge in [-0.1, -0.05) is 19.9 Å². The first kappa shape index (κ1) is 11.8. The average Bonchev–Trinajstić information content (AvgIpc) is 2.19. The fourth-order valence-electron chi connectivity index (χ4n) is 1.41. The summed E-state index contributed by atoms with van der Waals surface area (Å²) in [4.78, 5) is 0. The first-order valence-corrected chi connectivity index (χ1v) is 6.28. The smallest absolute Gasteiger partial charge is 0.0353 e. The van der Waals surface area contributed by atoms with Crippen molar-refractivity contribution in [2.45, 2.75) is 39.7 Å². The fourth-order valence-corrected chi connectivity index (χ4v) is 1.93. The molecule has 0 bridgehead atoms. The minimum atomic E-state index is 0.605. The minimum Gasteiger partial charge on any atom is -0.382 e. The third kappa shape index (κ3) is 3.15. The molecule has 1 aromatic carbocycles. The highest BCUT2D eigenvalue weighted by Gasteiger charge is 2.03. The van der Waals surface area contributed by atoms with Gasteiger partial charge in [-0.25, -0.2) is 0 Å². The highest BCUT2D eigenvalue weighted by molar-refractivity contribution is 14.1. The Balaban J connectivity index is 2.72. The van der Waals surface area contributed by atoms with Crippen molar-refractivity contribution in [2.24, 2.45) is 0 Å². The maximum atomic E-state index is 3.54. The summed E-state index contributed by atoms with van der Waals surface area (Å²) >= 11 is 2.38. The number of nitrogens with one attached hydrogen (secondary N) is 1. The third-order valence-corrected chi connectivity index (χ3v) is 3.69. The van der Waals surface area contributed by atoms with Crippen LogP contribution in [0.4, 0.5) is 5.69 Å². The van der Waals surface area contributed by atoms with Crippen molar-refractivity contribution >= 4 is 28.3 Å². The molecule has 2 heteroatoms. The highest BCUT2D eigenvalue weighted by Crippen LogP contribution is 2.18. The predicted octanol–water partition coefficient (Wildman–Crippen LogP) is 4.20. The molecule has 0 saturated carbocycles. The van der Waals surface area contributed by atoms with Crippen molar-refractivity contribution in [3.8, 4) is 0 Å². The van der Waals surface area contributed by atoms with Crippen LogP contribution in [-0.4, -0.2) is 6.04 Å². The van der Waals surface area contributed by atoms with Crippen LogP contribution < -0.4 is 5.32 Å². The second-order valence-corrected chi connectivity index (χ2v) is 4.78. The summed E-state index contributed by atoms with van der Waals surface area (Å²) in [5, 5.41) is 3.54. The molecule has 78 valence electrons. The second-order valence-electron chi connectivity index (χ2n) is 3.62. The highest BCUT2D eigenvalue weighted by atomic mass is 127. The maximum Gasteiger partial charge on any atom is 0.0353 e. The van der Waals surface area contributed by atoms with Gasteiger partial charge < -0.3 is 5.32 Å². The van der Waals surface area contributed by atoms with E-state index in [1.807, 2.05) is 0 Å². The standard InChI is InChI=1S/C12H18IN/c1-4-10(5-2)14-11-7-6-9(3)12(13)8-11/h6-8,10,14H,4-5H2,1-3H3. The van der Waals surface area contributed by atoms with Gasteiger partial charge in [-0.3, -0.25) is 0 Å². The van der Waals surface area contributed by atoms with Gasteiger partial charge in [0.15, 0.2) is 0 Å². The van der Waals surface area contributed by atoms with Crippen molar-refractivity contribution < 1.29 is 0 Å². The van der Waals surface area contributed by atoms with Gasteiger partial charge in [0.05, 0.1) is 0 Å². The van der Waals surface area contributed by atoms with Crippen LogP contribution in [0, 0.1) is 10.5 Å². The Morgan fingerprint density at radius 3 is 2.43 bits per heavy atom. The fraction of sp³-hybridized carbons (Fsp3) is 0.500. The SMILES string of the molecule is CCC(CC)Nc1ccc(C)c(I)c1. The van der Waals surface area contributed by atoms with Crippen molar-refractivity contribution in [3.63, 3.8) is 0 Å². The molecule has 0 amide bonds. The molecule has 1 aromatic rings. The van der Waals surface area contributed by atoms with Gasteiger partial charge in [0, 0.05) is 15.3 Å². The molecule has 0 fully saturated rings. The third-order valence-electron chi connectivity index (χ3n) is 2.53. The van der Waals surface area contributed by atoms with E-state index in [1.54, 1.807) is 0 Å². The van der Waals surface area contributed by atoms with Crippen LogP contribution in [-0.2, 0) is 0 Å². The zero-order chi connectivity index (χ0) is 10.6. The molecule has 0 aliphatic rings. The van der Waals surface area contributed by atoms with Gasteiger partial charge >= 0.3 is 0 Å². The number of aryl methyl sites for hydroxylation is 1. The number of benzene rings is 1. The molecular formula is C12H18IN. The Kier molecular flexibility index (Phi) is 4.72. The zero-order valence-electron chi connectivity index (χ0n) is 9.10. The average molecular weight is 303 g/mol. The van der Waals surface area contributed by atoms with E-state index in [2.05, 4.69) is 66.9 Å². The molecular weight excluding hydrogens is 285 g/mol. The molecule has 0 aliphatic heterocycles. The lowest BCUT2D eigenvalue weighted by molar-refractivity contribution is 0.672. The normalized spacial score (nSPS) is 10.6. The maximum absolute atomic E-state index is 3.54. The topological polar surface area (TPSA) is 12.0 Å². The summed E-state index contributed by atoms with van der Waals surface area (Å²) in [6.45, 7) is 6.59. The number of anilines is 1. The Morgan fingerprint density at radius 1 is 1.29 bits per heavy atom. The van der Waals surface area contributed by atoms with E-state index in [0.29, 0.717) is 6.04 Å². The molecule has 0 heterocycles. The number of hydrogen-bond acceptors (Lipinski definition) is 1. The molecule has 0 radical (unpaired) electrons. The predicted molar refractivity (Wildman–Crippen MR) is 71.9 cm³/mol. The Morgan fingerprint density at radius 2 is 1.93 bits per heavy atom. The van der Waals surface area contributed by atoms with Crippen molar-refractivity contribution in [1.29, 1.82) is 0 Å². The van der Waals surface area contributed by atoms with Crippen LogP contribution in [0.1, 0.15) is 32.3 Å². The number of halogens is 1. The molecule has 14 heavy (non-hydrogen) atoms. The molecule has 1 N–H and O–H groups in total. The van der Waals surface area contributed by atoms with Crippen molar-refractivity contribution in [3.05, 3.63) is 27.3 Å². The largest absolute Gasteiger partial charge is 0.382 e. The summed E-state index contributed by atoms with van der Waals surface area (Å²) in [7, 11) is 0. The van der Waals surface area contributed by atoms with Gasteiger partial charge in [-0.05, 0) is 60.1 Å². The lowest BCUT2D eigenvalue weighted by atomic mass is 10.1. The van der Waals surface area contributed by atoms with E-state index < -0.39 is 0 Å². The summed E-state index contributed by atoms with van der Waals surface area (Å²) in [6.07, 6.45) is 2.36. The van der Waals surface area contributed by atoms with E-state index in [1.165, 1.54) is 27.7 Å². The molecule has 1 nitrogen and oxygen atoms in total. The van der Waals surface area contributed by atoms with Crippen LogP contribution in [0.25, 0.3) is 0 Å². The van der Waals surface area contributed by atoms with Gasteiger partial charge in [0.2, 0.25) is 0 Å². The van der Waals surface area contributed by atoms with Crippen LogP contribution >= 0.6 is 22.6 Å². The first-order chi connectivity index (χ1) is 6.67. The lowest BCUT2D eigenvalue weighted by Crippen LogP contribution is -2.16. The van der Waals surface area contributed by atoms with Gasteiger partial charge in [-0.2, -0.15) is 0 Å². The van der Waals surface area contributed by atoms with Crippen LogP contribution in [0.3, 0.4) is 0 Å². The molecule has 0 saturated heterocycles. The van der Waals surface area contributed by atoms with Gasteiger partial charge in [0.1, 0.15) is 0 Å². The summed E-state index contributed by atoms with van der Waals surface area (Å²) < 4.78 is 1.33. The van der Waals surface area contributed by atoms with E-state index in [0.717, 1.165) is 0 Å². The molecule has 1 rings (SSSR count). The van der Waals surface area contributed by atoms with E-state index in [9.17, 15) is 0 Å². The number of hydrogen-bond donors (Lipinski definition) is 1. The second kappa shape index (κ2) is 5.59. The Hall–Kier alpha value is -0.250. The summed E-state index contributed by atoms with van der Waals surface area (Å²) in [6, 6.07) is 7.16. The quantitative estimate of drug-likeness (QED) is 0.822. The van der Waals surface area contributed by atoms with Gasteiger partial charge in [0.25, 0.3) is 0 Å². The van der Waals surface area contributed by atoms with Crippen LogP contribution in [0.15, 0.2) is 18.2 Å². The molecule has 0 unspecified atom stereocenters. The molecule has 0 spiro atoms. The molecule has 0 aromatic heterocycles. The number of rotatable bonds is 4. The van der Waals surface area contributed by atoms with Crippen molar-refractivity contribution in [2.75, 3.05) is 5.32 Å². The van der Waals surface area contributed by atoms with E-state index >= 15 is 0 Å². The Bertz CT molecular complexity index is 292. The lowest BCUT2D eigenvalue weighted by Gasteiger charge is -2.16. The Labute approximate surface area is 100 Å². The summed E-state index contributed by atoms with van der Waals surface area (Å²) in [5.74, 6) is 0. The van der Waals surface area contributed by atoms with Crippen LogP contribution in [0.5, 0.6) is 0 Å². The zero-order valence-corrected chi connectivity index (χ0v) is 11.3.